The average Bonchev–Trinajstić information content (AvgIpc) is 2.40. The second kappa shape index (κ2) is 7.59. The fourth-order valence-electron chi connectivity index (χ4n) is 1.79. The Morgan fingerprint density at radius 1 is 1.11 bits per heavy atom. The van der Waals surface area contributed by atoms with Gasteiger partial charge in [0.2, 0.25) is 0 Å². The maximum Gasteiger partial charge on any atom is 0.279 e. The van der Waals surface area contributed by atoms with Gasteiger partial charge in [-0.2, -0.15) is 12.7 Å². The van der Waals surface area contributed by atoms with Gasteiger partial charge in [0, 0.05) is 19.6 Å². The van der Waals surface area contributed by atoms with Gasteiger partial charge in [0.1, 0.15) is 0 Å². The van der Waals surface area contributed by atoms with E-state index in [1.807, 2.05) is 38.1 Å². The summed E-state index contributed by atoms with van der Waals surface area (Å²) in [5.74, 6) is 0. The van der Waals surface area contributed by atoms with Crippen LogP contribution in [0.4, 0.5) is 0 Å². The zero-order valence-electron chi connectivity index (χ0n) is 11.5. The van der Waals surface area contributed by atoms with Crippen LogP contribution in [-0.2, 0) is 23.2 Å². The molecule has 0 aliphatic heterocycles. The van der Waals surface area contributed by atoms with Crippen molar-refractivity contribution in [2.75, 3.05) is 19.6 Å². The zero-order chi connectivity index (χ0) is 14.3. The van der Waals surface area contributed by atoms with E-state index in [2.05, 4.69) is 4.72 Å². The van der Waals surface area contributed by atoms with Gasteiger partial charge in [-0.1, -0.05) is 38.1 Å². The van der Waals surface area contributed by atoms with Gasteiger partial charge in [-0.3, -0.25) is 0 Å². The molecule has 0 radical (unpaired) electrons. The molecule has 108 valence electrons. The number of nitrogens with one attached hydrogen (secondary N) is 1. The maximum absolute atomic E-state index is 11.9. The second-order valence-electron chi connectivity index (χ2n) is 4.21. The summed E-state index contributed by atoms with van der Waals surface area (Å²) in [5.41, 5.74) is 1.90. The van der Waals surface area contributed by atoms with Crippen molar-refractivity contribution < 1.29 is 13.5 Å². The van der Waals surface area contributed by atoms with Gasteiger partial charge < -0.3 is 5.11 Å². The lowest BCUT2D eigenvalue weighted by molar-refractivity contribution is 0.282. The Hall–Kier alpha value is -0.950. The minimum atomic E-state index is -3.36. The summed E-state index contributed by atoms with van der Waals surface area (Å²) in [7, 11) is -3.36. The van der Waals surface area contributed by atoms with Gasteiger partial charge in [-0.25, -0.2) is 4.72 Å². The molecule has 0 aliphatic rings. The van der Waals surface area contributed by atoms with E-state index < -0.39 is 10.2 Å². The summed E-state index contributed by atoms with van der Waals surface area (Å²) >= 11 is 0. The van der Waals surface area contributed by atoms with Gasteiger partial charge >= 0.3 is 0 Å². The first-order valence-corrected chi connectivity index (χ1v) is 7.91. The summed E-state index contributed by atoms with van der Waals surface area (Å²) in [6, 6.07) is 7.48. The Kier molecular flexibility index (Phi) is 6.44. The minimum Gasteiger partial charge on any atom is -0.392 e. The number of benzene rings is 1. The summed E-state index contributed by atoms with van der Waals surface area (Å²) in [5, 5.41) is 8.93. The van der Waals surface area contributed by atoms with Crippen LogP contribution < -0.4 is 4.72 Å². The topological polar surface area (TPSA) is 69.6 Å². The number of hydrogen-bond acceptors (Lipinski definition) is 3. The fourth-order valence-corrected chi connectivity index (χ4v) is 3.01. The molecule has 0 amide bonds. The van der Waals surface area contributed by atoms with Crippen LogP contribution in [0.15, 0.2) is 24.3 Å². The molecule has 0 saturated heterocycles. The van der Waals surface area contributed by atoms with Crippen LogP contribution in [-0.4, -0.2) is 37.5 Å². The van der Waals surface area contributed by atoms with Gasteiger partial charge in [-0.05, 0) is 17.5 Å². The lowest BCUT2D eigenvalue weighted by atomic mass is 10.1. The number of hydrogen-bond donors (Lipinski definition) is 2. The SMILES string of the molecule is CCN(CC)S(=O)(=O)NCCc1ccc(CO)cc1. The quantitative estimate of drug-likeness (QED) is 0.746. The standard InChI is InChI=1S/C13H22N2O3S/c1-3-15(4-2)19(17,18)14-10-9-12-5-7-13(11-16)8-6-12/h5-8,14,16H,3-4,9-11H2,1-2H3. The first kappa shape index (κ1) is 16.1. The number of aliphatic hydroxyl groups excluding tert-OH is 1. The molecule has 19 heavy (non-hydrogen) atoms. The molecule has 0 unspecified atom stereocenters. The maximum atomic E-state index is 11.9. The first-order valence-electron chi connectivity index (χ1n) is 6.46. The van der Waals surface area contributed by atoms with Gasteiger partial charge in [0.25, 0.3) is 10.2 Å². The van der Waals surface area contributed by atoms with Crippen LogP contribution in [0.25, 0.3) is 0 Å². The van der Waals surface area contributed by atoms with Crippen LogP contribution >= 0.6 is 0 Å². The molecule has 6 heteroatoms. The summed E-state index contributed by atoms with van der Waals surface area (Å²) in [4.78, 5) is 0. The van der Waals surface area contributed by atoms with E-state index in [0.717, 1.165) is 11.1 Å². The molecule has 1 aromatic carbocycles. The third-order valence-corrected chi connectivity index (χ3v) is 4.71. The molecule has 1 rings (SSSR count). The molecule has 1 aromatic rings. The molecule has 2 N–H and O–H groups in total. The number of nitrogens with zero attached hydrogens (tertiary/aromatic N) is 1. The predicted octanol–water partition coefficient (Wildman–Crippen LogP) is 0.898. The second-order valence-corrected chi connectivity index (χ2v) is 5.96. The van der Waals surface area contributed by atoms with E-state index in [-0.39, 0.29) is 6.61 Å². The lowest BCUT2D eigenvalue weighted by Crippen LogP contribution is -2.41. The van der Waals surface area contributed by atoms with Crippen molar-refractivity contribution in [3.8, 4) is 0 Å². The van der Waals surface area contributed by atoms with Crippen LogP contribution in [0.5, 0.6) is 0 Å². The molecular weight excluding hydrogens is 264 g/mol. The Morgan fingerprint density at radius 3 is 2.11 bits per heavy atom. The normalized spacial score (nSPS) is 12.0. The third-order valence-electron chi connectivity index (χ3n) is 2.95. The number of rotatable bonds is 8. The van der Waals surface area contributed by atoms with Crippen LogP contribution in [0, 0.1) is 0 Å². The van der Waals surface area contributed by atoms with Gasteiger partial charge in [0.15, 0.2) is 0 Å². The predicted molar refractivity (Wildman–Crippen MR) is 75.9 cm³/mol. The highest BCUT2D eigenvalue weighted by atomic mass is 32.2. The highest BCUT2D eigenvalue weighted by Crippen LogP contribution is 2.05. The fraction of sp³-hybridized carbons (Fsp3) is 0.538. The summed E-state index contributed by atoms with van der Waals surface area (Å²) < 4.78 is 27.7. The molecule has 0 atom stereocenters. The van der Waals surface area contributed by atoms with Gasteiger partial charge in [0.05, 0.1) is 6.61 Å². The Bertz CT molecular complexity index is 467. The smallest absolute Gasteiger partial charge is 0.279 e. The summed E-state index contributed by atoms with van der Waals surface area (Å²) in [6.07, 6.45) is 0.631. The Morgan fingerprint density at radius 2 is 1.63 bits per heavy atom. The molecule has 0 saturated carbocycles. The zero-order valence-corrected chi connectivity index (χ0v) is 12.3. The molecular formula is C13H22N2O3S. The van der Waals surface area contributed by atoms with Crippen molar-refractivity contribution in [2.24, 2.45) is 0 Å². The molecule has 5 nitrogen and oxygen atoms in total. The molecule has 0 heterocycles. The Balaban J connectivity index is 2.49. The van der Waals surface area contributed by atoms with Crippen LogP contribution in [0.3, 0.4) is 0 Å². The largest absolute Gasteiger partial charge is 0.392 e. The first-order chi connectivity index (χ1) is 9.03. The van der Waals surface area contributed by atoms with E-state index in [0.29, 0.717) is 26.1 Å². The lowest BCUT2D eigenvalue weighted by Gasteiger charge is -2.18. The molecule has 0 bridgehead atoms. The van der Waals surface area contributed by atoms with Crippen molar-refractivity contribution in [1.82, 2.24) is 9.03 Å². The highest BCUT2D eigenvalue weighted by Gasteiger charge is 2.17. The van der Waals surface area contributed by atoms with Crippen molar-refractivity contribution in [1.29, 1.82) is 0 Å². The van der Waals surface area contributed by atoms with Crippen molar-refractivity contribution in [2.45, 2.75) is 26.9 Å². The van der Waals surface area contributed by atoms with Crippen molar-refractivity contribution in [3.63, 3.8) is 0 Å². The van der Waals surface area contributed by atoms with E-state index in [1.54, 1.807) is 0 Å². The van der Waals surface area contributed by atoms with E-state index >= 15 is 0 Å². The monoisotopic (exact) mass is 286 g/mol. The van der Waals surface area contributed by atoms with Crippen LogP contribution in [0.1, 0.15) is 25.0 Å². The molecule has 0 aliphatic carbocycles. The average molecular weight is 286 g/mol. The number of aliphatic hydroxyl groups is 1. The van der Waals surface area contributed by atoms with Crippen molar-refractivity contribution >= 4 is 10.2 Å². The molecule has 0 aromatic heterocycles. The molecule has 0 fully saturated rings. The highest BCUT2D eigenvalue weighted by molar-refractivity contribution is 7.87. The van der Waals surface area contributed by atoms with Crippen molar-refractivity contribution in [3.05, 3.63) is 35.4 Å². The molecule has 0 spiro atoms. The van der Waals surface area contributed by atoms with E-state index in [1.165, 1.54) is 4.31 Å². The summed E-state index contributed by atoms with van der Waals surface area (Å²) in [6.45, 7) is 4.97. The Labute approximate surface area is 115 Å². The van der Waals surface area contributed by atoms with Crippen LogP contribution in [0.2, 0.25) is 0 Å². The third kappa shape index (κ3) is 4.91. The van der Waals surface area contributed by atoms with Gasteiger partial charge in [-0.15, -0.1) is 0 Å². The van der Waals surface area contributed by atoms with E-state index in [9.17, 15) is 8.42 Å². The van der Waals surface area contributed by atoms with E-state index in [4.69, 9.17) is 5.11 Å². The minimum absolute atomic E-state index is 0.0227.